The van der Waals surface area contributed by atoms with Crippen molar-refractivity contribution < 1.29 is 9.84 Å². The van der Waals surface area contributed by atoms with E-state index in [0.717, 1.165) is 48.9 Å². The fourth-order valence-corrected chi connectivity index (χ4v) is 9.91. The van der Waals surface area contributed by atoms with Crippen molar-refractivity contribution in [2.75, 3.05) is 20.6 Å². The van der Waals surface area contributed by atoms with Crippen LogP contribution in [0.4, 0.5) is 0 Å². The van der Waals surface area contributed by atoms with Crippen LogP contribution in [0.2, 0.25) is 0 Å². The average Bonchev–Trinajstić information content (AvgIpc) is 3.20. The van der Waals surface area contributed by atoms with Crippen LogP contribution >= 0.6 is 0 Å². The van der Waals surface area contributed by atoms with Crippen molar-refractivity contribution in [2.45, 2.75) is 104 Å². The van der Waals surface area contributed by atoms with Crippen LogP contribution in [0, 0.1) is 46.3 Å². The van der Waals surface area contributed by atoms with E-state index in [1.807, 2.05) is 0 Å². The molecule has 0 saturated heterocycles. The molecular formula is C29H49NO2. The van der Waals surface area contributed by atoms with Gasteiger partial charge in [0.15, 0.2) is 0 Å². The highest BCUT2D eigenvalue weighted by atomic mass is 16.5. The number of allylic oxidation sites excluding steroid dienone is 1. The van der Waals surface area contributed by atoms with E-state index in [0.29, 0.717) is 22.9 Å². The highest BCUT2D eigenvalue weighted by Gasteiger charge is 2.64. The monoisotopic (exact) mass is 443 g/mol. The Morgan fingerprint density at radius 3 is 2.53 bits per heavy atom. The van der Waals surface area contributed by atoms with Crippen molar-refractivity contribution in [1.29, 1.82) is 0 Å². The summed E-state index contributed by atoms with van der Waals surface area (Å²) >= 11 is 0. The zero-order chi connectivity index (χ0) is 22.8. The normalized spacial score (nSPS) is 48.7. The molecule has 1 aliphatic heterocycles. The first kappa shape index (κ1) is 23.2. The van der Waals surface area contributed by atoms with Crippen molar-refractivity contribution in [1.82, 2.24) is 4.90 Å². The van der Waals surface area contributed by atoms with Gasteiger partial charge in [-0.15, -0.1) is 0 Å². The Balaban J connectivity index is 1.31. The predicted molar refractivity (Wildman–Crippen MR) is 131 cm³/mol. The highest BCUT2D eigenvalue weighted by Crippen LogP contribution is 2.69. The molecule has 3 nitrogen and oxygen atoms in total. The van der Waals surface area contributed by atoms with Crippen LogP contribution in [-0.2, 0) is 4.74 Å². The molecule has 10 atom stereocenters. The summed E-state index contributed by atoms with van der Waals surface area (Å²) in [5.41, 5.74) is 2.52. The van der Waals surface area contributed by atoms with Crippen LogP contribution < -0.4 is 0 Å². The van der Waals surface area contributed by atoms with Gasteiger partial charge in [-0.05, 0) is 125 Å². The molecule has 0 bridgehead atoms. The van der Waals surface area contributed by atoms with Gasteiger partial charge in [0.1, 0.15) is 6.10 Å². The molecule has 4 saturated carbocycles. The summed E-state index contributed by atoms with van der Waals surface area (Å²) in [6, 6.07) is 0. The lowest BCUT2D eigenvalue weighted by Gasteiger charge is -2.60. The lowest BCUT2D eigenvalue weighted by Crippen LogP contribution is -2.54. The molecule has 1 heterocycles. The van der Waals surface area contributed by atoms with Gasteiger partial charge in [0.05, 0.1) is 11.9 Å². The summed E-state index contributed by atoms with van der Waals surface area (Å²) in [6.45, 7) is 11.2. The van der Waals surface area contributed by atoms with E-state index in [1.54, 1.807) is 5.57 Å². The van der Waals surface area contributed by atoms with Crippen molar-refractivity contribution in [3.63, 3.8) is 0 Å². The van der Waals surface area contributed by atoms with Crippen LogP contribution in [-0.4, -0.2) is 42.9 Å². The van der Waals surface area contributed by atoms with E-state index in [4.69, 9.17) is 4.74 Å². The Labute approximate surface area is 197 Å². The summed E-state index contributed by atoms with van der Waals surface area (Å²) in [5, 5.41) is 10.3. The molecule has 5 rings (SSSR count). The second-order valence-corrected chi connectivity index (χ2v) is 13.5. The minimum atomic E-state index is -0.0376. The van der Waals surface area contributed by atoms with Gasteiger partial charge >= 0.3 is 0 Å². The lowest BCUT2D eigenvalue weighted by molar-refractivity contribution is -0.124. The minimum Gasteiger partial charge on any atom is -0.494 e. The standard InChI is InChI=1S/C29H49NO2/c1-18(17-30(5)6)7-10-25-19(2)27-26(32-25)16-24-22-9-8-20-15-21(31)11-13-28(20,3)23(22)12-14-29(24,27)4/h18,20-24,26-27,31H,7-17H2,1-6H3/t18-,20?,21?,22?,23?,24?,26?,27?,28?,29?/m0/s1. The molecular weight excluding hydrogens is 394 g/mol. The van der Waals surface area contributed by atoms with Crippen LogP contribution in [0.3, 0.4) is 0 Å². The Kier molecular flexibility index (Phi) is 6.02. The molecule has 0 aromatic rings. The lowest BCUT2D eigenvalue weighted by atomic mass is 9.44. The van der Waals surface area contributed by atoms with Gasteiger partial charge < -0.3 is 14.7 Å². The summed E-state index contributed by atoms with van der Waals surface area (Å²) < 4.78 is 6.77. The zero-order valence-corrected chi connectivity index (χ0v) is 21.7. The largest absolute Gasteiger partial charge is 0.494 e. The zero-order valence-electron chi connectivity index (χ0n) is 21.7. The Morgan fingerprint density at radius 1 is 1.03 bits per heavy atom. The summed E-state index contributed by atoms with van der Waals surface area (Å²) in [6.07, 6.45) is 13.0. The molecule has 1 N–H and O–H groups in total. The van der Waals surface area contributed by atoms with Gasteiger partial charge in [0.25, 0.3) is 0 Å². The molecule has 4 fully saturated rings. The van der Waals surface area contributed by atoms with E-state index in [1.165, 1.54) is 57.2 Å². The third kappa shape index (κ3) is 3.60. The molecule has 0 amide bonds. The van der Waals surface area contributed by atoms with Crippen LogP contribution in [0.5, 0.6) is 0 Å². The molecule has 5 aliphatic rings. The molecule has 0 spiro atoms. The number of aliphatic hydroxyl groups is 1. The number of hydrogen-bond donors (Lipinski definition) is 1. The summed E-state index contributed by atoms with van der Waals surface area (Å²) in [5.74, 6) is 6.09. The maximum Gasteiger partial charge on any atom is 0.106 e. The topological polar surface area (TPSA) is 32.7 Å². The molecule has 182 valence electrons. The number of hydrogen-bond acceptors (Lipinski definition) is 3. The third-order valence-corrected chi connectivity index (χ3v) is 11.4. The quantitative estimate of drug-likeness (QED) is 0.544. The number of rotatable bonds is 5. The van der Waals surface area contributed by atoms with Gasteiger partial charge in [-0.25, -0.2) is 0 Å². The van der Waals surface area contributed by atoms with Gasteiger partial charge in [-0.1, -0.05) is 20.8 Å². The molecule has 9 unspecified atom stereocenters. The van der Waals surface area contributed by atoms with E-state index in [9.17, 15) is 5.11 Å². The van der Waals surface area contributed by atoms with Crippen LogP contribution in [0.15, 0.2) is 11.3 Å². The van der Waals surface area contributed by atoms with Gasteiger partial charge in [-0.2, -0.15) is 0 Å². The molecule has 32 heavy (non-hydrogen) atoms. The molecule has 3 heteroatoms. The van der Waals surface area contributed by atoms with Crippen LogP contribution in [0.25, 0.3) is 0 Å². The van der Waals surface area contributed by atoms with Crippen molar-refractivity contribution >= 4 is 0 Å². The van der Waals surface area contributed by atoms with E-state index in [-0.39, 0.29) is 6.10 Å². The van der Waals surface area contributed by atoms with Gasteiger partial charge in [-0.3, -0.25) is 0 Å². The molecule has 0 radical (unpaired) electrons. The Hall–Kier alpha value is -0.540. The SMILES string of the molecule is CC1=C(CC[C@H](C)CN(C)C)OC2CC3C4CCC5CC(O)CCC5(C)C4CCC3(C)C12. The van der Waals surface area contributed by atoms with Crippen molar-refractivity contribution in [2.24, 2.45) is 46.3 Å². The summed E-state index contributed by atoms with van der Waals surface area (Å²) in [7, 11) is 4.36. The van der Waals surface area contributed by atoms with Crippen LogP contribution in [0.1, 0.15) is 91.9 Å². The maximum absolute atomic E-state index is 10.3. The van der Waals surface area contributed by atoms with E-state index in [2.05, 4.69) is 46.7 Å². The highest BCUT2D eigenvalue weighted by molar-refractivity contribution is 5.26. The third-order valence-electron chi connectivity index (χ3n) is 11.4. The smallest absolute Gasteiger partial charge is 0.106 e. The Bertz CT molecular complexity index is 745. The first-order valence-electron chi connectivity index (χ1n) is 13.8. The molecule has 4 aliphatic carbocycles. The predicted octanol–water partition coefficient (Wildman–Crippen LogP) is 6.27. The second kappa shape index (κ2) is 8.29. The van der Waals surface area contributed by atoms with E-state index < -0.39 is 0 Å². The molecule has 0 aromatic carbocycles. The number of ether oxygens (including phenoxy) is 1. The summed E-state index contributed by atoms with van der Waals surface area (Å²) in [4.78, 5) is 2.31. The average molecular weight is 444 g/mol. The maximum atomic E-state index is 10.3. The van der Waals surface area contributed by atoms with Gasteiger partial charge in [0.2, 0.25) is 0 Å². The fourth-order valence-electron chi connectivity index (χ4n) is 9.91. The van der Waals surface area contributed by atoms with Gasteiger partial charge in [0, 0.05) is 18.9 Å². The molecule has 0 aromatic heterocycles. The first-order chi connectivity index (χ1) is 15.1. The number of aliphatic hydroxyl groups excluding tert-OH is 1. The first-order valence-corrected chi connectivity index (χ1v) is 13.8. The number of fused-ring (bicyclic) bond motifs is 7. The second-order valence-electron chi connectivity index (χ2n) is 13.5. The fraction of sp³-hybridized carbons (Fsp3) is 0.931. The number of nitrogens with zero attached hydrogens (tertiary/aromatic N) is 1. The minimum absolute atomic E-state index is 0.0376. The van der Waals surface area contributed by atoms with Crippen molar-refractivity contribution in [3.8, 4) is 0 Å². The van der Waals surface area contributed by atoms with E-state index >= 15 is 0 Å². The Morgan fingerprint density at radius 2 is 1.78 bits per heavy atom. The van der Waals surface area contributed by atoms with Crippen molar-refractivity contribution in [3.05, 3.63) is 11.3 Å².